The standard InChI is InChI=1S/C17H20N6O3/c1-3-12-9-14(20-26-12)17(25)22-6-7-23-11(10-22)8-13(19-23)16(24)15-4-5-18-21(15)2/h4-5,8-9,16,24H,3,6-7,10H2,1-2H3/t16-/m0/s1. The molecule has 26 heavy (non-hydrogen) atoms. The molecule has 0 radical (unpaired) electrons. The van der Waals surface area contributed by atoms with Gasteiger partial charge in [0.1, 0.15) is 11.9 Å². The SMILES string of the molecule is CCc1cc(C(=O)N2CCn3nc([C@H](O)c4ccnn4C)cc3C2)no1. The van der Waals surface area contributed by atoms with Crippen LogP contribution in [0.2, 0.25) is 0 Å². The van der Waals surface area contributed by atoms with E-state index in [1.165, 1.54) is 0 Å². The third kappa shape index (κ3) is 2.80. The van der Waals surface area contributed by atoms with Gasteiger partial charge in [-0.05, 0) is 12.1 Å². The predicted molar refractivity (Wildman–Crippen MR) is 90.1 cm³/mol. The first-order valence-corrected chi connectivity index (χ1v) is 8.54. The number of amides is 1. The summed E-state index contributed by atoms with van der Waals surface area (Å²) in [5.41, 5.74) is 2.42. The van der Waals surface area contributed by atoms with Crippen LogP contribution in [0.25, 0.3) is 0 Å². The van der Waals surface area contributed by atoms with Crippen molar-refractivity contribution in [3.05, 3.63) is 52.9 Å². The van der Waals surface area contributed by atoms with Gasteiger partial charge in [0, 0.05) is 32.3 Å². The summed E-state index contributed by atoms with van der Waals surface area (Å²) in [5.74, 6) is 0.534. The maximum Gasteiger partial charge on any atom is 0.276 e. The van der Waals surface area contributed by atoms with E-state index in [2.05, 4.69) is 15.4 Å². The van der Waals surface area contributed by atoms with Crippen molar-refractivity contribution in [2.45, 2.75) is 32.5 Å². The normalized spacial score (nSPS) is 15.1. The number of aryl methyl sites for hydroxylation is 2. The fourth-order valence-electron chi connectivity index (χ4n) is 3.14. The van der Waals surface area contributed by atoms with Crippen LogP contribution in [0.4, 0.5) is 0 Å². The van der Waals surface area contributed by atoms with Gasteiger partial charge in [0.25, 0.3) is 5.91 Å². The van der Waals surface area contributed by atoms with Crippen LogP contribution in [0, 0.1) is 0 Å². The number of carbonyl (C=O) groups excluding carboxylic acids is 1. The fourth-order valence-corrected chi connectivity index (χ4v) is 3.14. The number of aliphatic hydroxyl groups excluding tert-OH is 1. The number of aromatic nitrogens is 5. The third-order valence-corrected chi connectivity index (χ3v) is 4.65. The minimum absolute atomic E-state index is 0.158. The van der Waals surface area contributed by atoms with Gasteiger partial charge in [0.15, 0.2) is 5.69 Å². The van der Waals surface area contributed by atoms with Gasteiger partial charge < -0.3 is 14.5 Å². The van der Waals surface area contributed by atoms with E-state index in [1.54, 1.807) is 35.0 Å². The van der Waals surface area contributed by atoms with E-state index in [-0.39, 0.29) is 5.91 Å². The van der Waals surface area contributed by atoms with E-state index in [9.17, 15) is 9.90 Å². The second-order valence-corrected chi connectivity index (χ2v) is 6.32. The highest BCUT2D eigenvalue weighted by atomic mass is 16.5. The molecule has 3 aromatic rings. The van der Waals surface area contributed by atoms with Gasteiger partial charge >= 0.3 is 0 Å². The molecule has 4 heterocycles. The summed E-state index contributed by atoms with van der Waals surface area (Å²) in [5, 5.41) is 23.0. The van der Waals surface area contributed by atoms with Crippen LogP contribution in [0.5, 0.6) is 0 Å². The summed E-state index contributed by atoms with van der Waals surface area (Å²) in [6, 6.07) is 5.28. The van der Waals surface area contributed by atoms with Gasteiger partial charge in [0.05, 0.1) is 30.2 Å². The van der Waals surface area contributed by atoms with E-state index in [4.69, 9.17) is 4.52 Å². The van der Waals surface area contributed by atoms with Crippen molar-refractivity contribution in [3.63, 3.8) is 0 Å². The second kappa shape index (κ2) is 6.41. The summed E-state index contributed by atoms with van der Waals surface area (Å²) in [6.07, 6.45) is 1.48. The molecule has 0 aliphatic carbocycles. The number of rotatable bonds is 4. The van der Waals surface area contributed by atoms with Crippen molar-refractivity contribution in [2.24, 2.45) is 7.05 Å². The van der Waals surface area contributed by atoms with Crippen molar-refractivity contribution in [3.8, 4) is 0 Å². The van der Waals surface area contributed by atoms with Crippen LogP contribution in [-0.2, 0) is 26.6 Å². The molecule has 0 fully saturated rings. The highest BCUT2D eigenvalue weighted by Crippen LogP contribution is 2.23. The summed E-state index contributed by atoms with van der Waals surface area (Å²) < 4.78 is 8.58. The monoisotopic (exact) mass is 356 g/mol. The van der Waals surface area contributed by atoms with Crippen molar-refractivity contribution < 1.29 is 14.4 Å². The molecular weight excluding hydrogens is 336 g/mol. The number of fused-ring (bicyclic) bond motifs is 1. The van der Waals surface area contributed by atoms with Crippen molar-refractivity contribution in [2.75, 3.05) is 6.54 Å². The van der Waals surface area contributed by atoms with Crippen LogP contribution < -0.4 is 0 Å². The van der Waals surface area contributed by atoms with E-state index in [0.29, 0.717) is 48.9 Å². The lowest BCUT2D eigenvalue weighted by atomic mass is 10.1. The van der Waals surface area contributed by atoms with Gasteiger partial charge in [-0.1, -0.05) is 12.1 Å². The molecule has 1 aliphatic rings. The zero-order chi connectivity index (χ0) is 18.3. The van der Waals surface area contributed by atoms with Crippen LogP contribution in [0.3, 0.4) is 0 Å². The summed E-state index contributed by atoms with van der Waals surface area (Å²) in [7, 11) is 1.78. The van der Waals surface area contributed by atoms with Crippen LogP contribution in [0.1, 0.15) is 46.4 Å². The molecule has 0 spiro atoms. The Morgan fingerprint density at radius 3 is 2.92 bits per heavy atom. The molecule has 0 saturated heterocycles. The zero-order valence-corrected chi connectivity index (χ0v) is 14.7. The first-order chi connectivity index (χ1) is 12.6. The molecule has 1 N–H and O–H groups in total. The minimum atomic E-state index is -0.854. The molecule has 3 aromatic heterocycles. The Morgan fingerprint density at radius 1 is 1.38 bits per heavy atom. The molecular formula is C17H20N6O3. The third-order valence-electron chi connectivity index (χ3n) is 4.65. The maximum absolute atomic E-state index is 12.6. The molecule has 136 valence electrons. The Bertz CT molecular complexity index is 940. The Morgan fingerprint density at radius 2 is 2.23 bits per heavy atom. The van der Waals surface area contributed by atoms with Gasteiger partial charge in [-0.15, -0.1) is 0 Å². The van der Waals surface area contributed by atoms with Crippen molar-refractivity contribution >= 4 is 5.91 Å². The lowest BCUT2D eigenvalue weighted by Gasteiger charge is -2.26. The zero-order valence-electron chi connectivity index (χ0n) is 14.7. The van der Waals surface area contributed by atoms with E-state index >= 15 is 0 Å². The van der Waals surface area contributed by atoms with Crippen LogP contribution in [-0.4, -0.2) is 47.2 Å². The molecule has 1 aliphatic heterocycles. The van der Waals surface area contributed by atoms with Gasteiger partial charge in [-0.2, -0.15) is 10.2 Å². The van der Waals surface area contributed by atoms with Gasteiger partial charge in [0.2, 0.25) is 0 Å². The number of aliphatic hydroxyl groups is 1. The molecule has 0 bridgehead atoms. The number of carbonyl (C=O) groups is 1. The molecule has 9 heteroatoms. The lowest BCUT2D eigenvalue weighted by Crippen LogP contribution is -2.38. The van der Waals surface area contributed by atoms with E-state index in [0.717, 1.165) is 5.69 Å². The summed E-state index contributed by atoms with van der Waals surface area (Å²) in [6.45, 7) is 3.46. The first kappa shape index (κ1) is 16.5. The van der Waals surface area contributed by atoms with Crippen LogP contribution >= 0.6 is 0 Å². The predicted octanol–water partition coefficient (Wildman–Crippen LogP) is 0.905. The largest absolute Gasteiger partial charge is 0.380 e. The lowest BCUT2D eigenvalue weighted by molar-refractivity contribution is 0.0695. The van der Waals surface area contributed by atoms with Crippen molar-refractivity contribution in [1.29, 1.82) is 0 Å². The van der Waals surface area contributed by atoms with Crippen molar-refractivity contribution in [1.82, 2.24) is 29.6 Å². The topological polar surface area (TPSA) is 102 Å². The summed E-state index contributed by atoms with van der Waals surface area (Å²) >= 11 is 0. The Labute approximate surface area is 149 Å². The second-order valence-electron chi connectivity index (χ2n) is 6.32. The molecule has 0 saturated carbocycles. The Balaban J connectivity index is 1.53. The number of hydrogen-bond donors (Lipinski definition) is 1. The van der Waals surface area contributed by atoms with Gasteiger partial charge in [-0.25, -0.2) is 0 Å². The molecule has 1 amide bonds. The average Bonchev–Trinajstić information content (AvgIpc) is 3.38. The number of nitrogens with zero attached hydrogens (tertiary/aromatic N) is 6. The molecule has 4 rings (SSSR count). The minimum Gasteiger partial charge on any atom is -0.380 e. The Kier molecular flexibility index (Phi) is 4.08. The quantitative estimate of drug-likeness (QED) is 0.745. The van der Waals surface area contributed by atoms with E-state index in [1.807, 2.05) is 17.7 Å². The van der Waals surface area contributed by atoms with Gasteiger partial charge in [-0.3, -0.25) is 14.2 Å². The molecule has 0 unspecified atom stereocenters. The average molecular weight is 356 g/mol. The number of hydrogen-bond acceptors (Lipinski definition) is 6. The molecule has 9 nitrogen and oxygen atoms in total. The maximum atomic E-state index is 12.6. The fraction of sp³-hybridized carbons (Fsp3) is 0.412. The highest BCUT2D eigenvalue weighted by molar-refractivity contribution is 5.92. The molecule has 1 atom stereocenters. The first-order valence-electron chi connectivity index (χ1n) is 8.54. The highest BCUT2D eigenvalue weighted by Gasteiger charge is 2.27. The van der Waals surface area contributed by atoms with E-state index < -0.39 is 6.10 Å². The summed E-state index contributed by atoms with van der Waals surface area (Å²) in [4.78, 5) is 14.3. The molecule has 0 aromatic carbocycles. The van der Waals surface area contributed by atoms with Crippen LogP contribution in [0.15, 0.2) is 28.9 Å². The Hall–Kier alpha value is -2.94. The smallest absolute Gasteiger partial charge is 0.276 e.